The van der Waals surface area contributed by atoms with Crippen molar-refractivity contribution in [3.05, 3.63) is 35.2 Å². The number of fused-ring (bicyclic) bond motifs is 2. The van der Waals surface area contributed by atoms with Crippen molar-refractivity contribution in [3.8, 4) is 0 Å². The van der Waals surface area contributed by atoms with E-state index in [0.717, 1.165) is 43.1 Å². The largest absolute Gasteiger partial charge is 0.479 e. The third kappa shape index (κ3) is 6.91. The first-order chi connectivity index (χ1) is 20.9. The molecular formula is C27H39N5O10S2. The average molecular weight is 658 g/mol. The van der Waals surface area contributed by atoms with E-state index in [9.17, 15) is 27.6 Å². The second-order valence-electron chi connectivity index (χ2n) is 11.2. The lowest BCUT2D eigenvalue weighted by atomic mass is 9.92. The molecule has 5 heterocycles. The maximum Gasteiger partial charge on any atom is 0.335 e. The van der Waals surface area contributed by atoms with E-state index >= 15 is 0 Å². The summed E-state index contributed by atoms with van der Waals surface area (Å²) in [6, 6.07) is -0.877. The van der Waals surface area contributed by atoms with E-state index in [1.54, 1.807) is 28.9 Å². The Hall–Kier alpha value is -3.12. The first-order valence-electron chi connectivity index (χ1n) is 14.6. The molecule has 0 radical (unpaired) electrons. The van der Waals surface area contributed by atoms with Crippen LogP contribution in [0.25, 0.3) is 0 Å². The van der Waals surface area contributed by atoms with Gasteiger partial charge in [0.2, 0.25) is 11.8 Å². The third-order valence-corrected chi connectivity index (χ3v) is 11.0. The number of sulfonamides is 1. The fourth-order valence-electron chi connectivity index (χ4n) is 6.28. The van der Waals surface area contributed by atoms with Crippen molar-refractivity contribution < 1.29 is 48.0 Å². The lowest BCUT2D eigenvalue weighted by molar-refractivity contribution is -0.165. The Bertz CT molecular complexity index is 1310. The number of carbonyl (C=O) groups is 4. The number of aliphatic hydroxyl groups is 2. The van der Waals surface area contributed by atoms with Gasteiger partial charge in [0.1, 0.15) is 4.91 Å². The monoisotopic (exact) mass is 657 g/mol. The Labute approximate surface area is 259 Å². The summed E-state index contributed by atoms with van der Waals surface area (Å²) in [6.45, 7) is 4.49. The van der Waals surface area contributed by atoms with E-state index in [1.165, 1.54) is 12.1 Å². The highest BCUT2D eigenvalue weighted by Gasteiger charge is 2.58. The van der Waals surface area contributed by atoms with Crippen LogP contribution in [-0.4, -0.2) is 110 Å². The molecule has 3 fully saturated rings. The van der Waals surface area contributed by atoms with Crippen molar-refractivity contribution in [2.24, 2.45) is 11.8 Å². The number of piperidine rings is 1. The van der Waals surface area contributed by atoms with Gasteiger partial charge in [0.15, 0.2) is 12.2 Å². The molecule has 0 spiro atoms. The molecule has 6 atom stereocenters. The fourth-order valence-corrected chi connectivity index (χ4v) is 8.84. The van der Waals surface area contributed by atoms with Crippen LogP contribution in [0.15, 0.2) is 35.2 Å². The molecule has 0 bridgehead atoms. The number of amides is 2. The molecule has 0 aliphatic carbocycles. The van der Waals surface area contributed by atoms with Crippen molar-refractivity contribution in [3.63, 3.8) is 0 Å². The Morgan fingerprint density at radius 2 is 1.82 bits per heavy atom. The topological polar surface area (TPSA) is 217 Å². The summed E-state index contributed by atoms with van der Waals surface area (Å²) in [4.78, 5) is 48.3. The number of carbonyl (C=O) groups excluding carboxylic acids is 2. The van der Waals surface area contributed by atoms with Crippen LogP contribution in [-0.2, 0) is 29.2 Å². The molecule has 244 valence electrons. The third-order valence-electron chi connectivity index (χ3n) is 8.40. The van der Waals surface area contributed by atoms with Gasteiger partial charge in [0.05, 0.1) is 35.8 Å². The van der Waals surface area contributed by atoms with Crippen LogP contribution in [0.1, 0.15) is 51.9 Å². The summed E-state index contributed by atoms with van der Waals surface area (Å²) in [6.07, 6.45) is 7.51. The number of carboxylic acid groups (broad SMARTS) is 2. The van der Waals surface area contributed by atoms with E-state index in [-0.39, 0.29) is 22.8 Å². The van der Waals surface area contributed by atoms with Crippen LogP contribution in [0.3, 0.4) is 0 Å². The SMILES string of the molecule is CCC[C@H]1C(=O)N(S(=O)(=O)C2=CC=CN3SNC=C23)[C@H]2CCN(C(=O)CCC3CCCNC3)[C@H]12.O=C(O)C(O)C(O)C(=O)O. The molecule has 17 heteroatoms. The molecule has 5 aliphatic rings. The average Bonchev–Trinajstić information content (AvgIpc) is 3.72. The molecule has 0 saturated carbocycles. The molecule has 5 rings (SSSR count). The summed E-state index contributed by atoms with van der Waals surface area (Å²) in [5, 5.41) is 35.9. The Morgan fingerprint density at radius 1 is 1.11 bits per heavy atom. The smallest absolute Gasteiger partial charge is 0.335 e. The van der Waals surface area contributed by atoms with E-state index in [0.29, 0.717) is 37.4 Å². The second-order valence-corrected chi connectivity index (χ2v) is 13.8. The Balaban J connectivity index is 0.000000382. The van der Waals surface area contributed by atoms with Crippen molar-refractivity contribution in [2.75, 3.05) is 19.6 Å². The first-order valence-corrected chi connectivity index (χ1v) is 16.8. The van der Waals surface area contributed by atoms with E-state index in [1.807, 2.05) is 11.8 Å². The van der Waals surface area contributed by atoms with Crippen molar-refractivity contribution in [1.29, 1.82) is 0 Å². The van der Waals surface area contributed by atoms with Crippen LogP contribution in [0.4, 0.5) is 0 Å². The van der Waals surface area contributed by atoms with Gasteiger partial charge >= 0.3 is 11.9 Å². The fraction of sp³-hybridized carbons (Fsp3) is 0.630. The summed E-state index contributed by atoms with van der Waals surface area (Å²) < 4.78 is 33.5. The summed E-state index contributed by atoms with van der Waals surface area (Å²) in [7, 11) is -4.06. The minimum Gasteiger partial charge on any atom is -0.479 e. The number of allylic oxidation sites excluding steroid dienone is 2. The Kier molecular flexibility index (Phi) is 11.0. The van der Waals surface area contributed by atoms with Crippen molar-refractivity contribution >= 4 is 45.9 Å². The molecule has 15 nitrogen and oxygen atoms in total. The number of nitrogens with one attached hydrogen (secondary N) is 2. The summed E-state index contributed by atoms with van der Waals surface area (Å²) in [5.41, 5.74) is 0.516. The minimum absolute atomic E-state index is 0.0521. The zero-order valence-corrected chi connectivity index (χ0v) is 25.9. The highest BCUT2D eigenvalue weighted by atomic mass is 32.2. The molecule has 5 aliphatic heterocycles. The zero-order valence-electron chi connectivity index (χ0n) is 24.2. The number of likely N-dealkylation sites (tertiary alicyclic amines) is 1. The maximum atomic E-state index is 13.8. The van der Waals surface area contributed by atoms with Crippen LogP contribution < -0.4 is 10.0 Å². The summed E-state index contributed by atoms with van der Waals surface area (Å²) in [5.74, 6) is -3.83. The number of aliphatic hydroxyl groups excluding tert-OH is 2. The predicted molar refractivity (Wildman–Crippen MR) is 158 cm³/mol. The Morgan fingerprint density at radius 3 is 2.43 bits per heavy atom. The van der Waals surface area contributed by atoms with Gasteiger partial charge < -0.3 is 35.4 Å². The molecule has 2 amide bonds. The standard InChI is InChI=1S/C23H33N5O4S2.C4H6O6/c1-2-5-17-22-18(10-13-26(22)21(29)9-8-16-6-3-11-24-14-16)28(23(17)30)34(31,32)20-7-4-12-27-19(20)15-25-33-27;5-1(3(7)8)2(6)4(9)10/h4,7,12,15-18,22,24-25H,2-3,5-6,8-11,13-14H2,1H3;1-2,5-6H,(H,7,8)(H,9,10)/t16?,17-,18+,22-;/m1./s1. The molecule has 44 heavy (non-hydrogen) atoms. The second kappa shape index (κ2) is 14.3. The van der Waals surface area contributed by atoms with Crippen LogP contribution in [0.2, 0.25) is 0 Å². The first kappa shape index (κ1) is 33.8. The van der Waals surface area contributed by atoms with Crippen LogP contribution in [0.5, 0.6) is 0 Å². The number of rotatable bonds is 10. The number of hydrogen-bond acceptors (Lipinski definition) is 12. The van der Waals surface area contributed by atoms with Gasteiger partial charge in [0.25, 0.3) is 10.0 Å². The van der Waals surface area contributed by atoms with Gasteiger partial charge in [0, 0.05) is 25.4 Å². The van der Waals surface area contributed by atoms with Gasteiger partial charge in [-0.1, -0.05) is 13.3 Å². The maximum absolute atomic E-state index is 13.8. The number of carboxylic acids is 2. The lowest BCUT2D eigenvalue weighted by Gasteiger charge is -2.29. The van der Waals surface area contributed by atoms with Crippen LogP contribution >= 0.6 is 12.1 Å². The summed E-state index contributed by atoms with van der Waals surface area (Å²) >= 11 is 1.28. The van der Waals surface area contributed by atoms with E-state index < -0.39 is 46.1 Å². The van der Waals surface area contributed by atoms with Crippen molar-refractivity contribution in [2.45, 2.75) is 76.2 Å². The molecule has 6 N–H and O–H groups in total. The number of aliphatic carboxylic acids is 2. The molecule has 0 aromatic heterocycles. The molecule has 3 unspecified atom stereocenters. The van der Waals surface area contributed by atoms with Gasteiger partial charge in [-0.15, -0.1) is 0 Å². The van der Waals surface area contributed by atoms with Gasteiger partial charge in [-0.05, 0) is 63.3 Å². The van der Waals surface area contributed by atoms with Crippen molar-refractivity contribution in [1.82, 2.24) is 23.5 Å². The lowest BCUT2D eigenvalue weighted by Crippen LogP contribution is -2.44. The molecular weight excluding hydrogens is 618 g/mol. The van der Waals surface area contributed by atoms with E-state index in [2.05, 4.69) is 10.0 Å². The molecule has 0 aromatic rings. The molecule has 3 saturated heterocycles. The van der Waals surface area contributed by atoms with Gasteiger partial charge in [-0.25, -0.2) is 22.3 Å². The van der Waals surface area contributed by atoms with Crippen LogP contribution in [0, 0.1) is 11.8 Å². The zero-order chi connectivity index (χ0) is 32.2. The quantitative estimate of drug-likeness (QED) is 0.170. The van der Waals surface area contributed by atoms with Gasteiger partial charge in [-0.3, -0.25) is 13.9 Å². The predicted octanol–water partition coefficient (Wildman–Crippen LogP) is -0.0776. The number of hydrogen-bond donors (Lipinski definition) is 6. The number of nitrogens with zero attached hydrogens (tertiary/aromatic N) is 3. The highest BCUT2D eigenvalue weighted by Crippen LogP contribution is 2.44. The normalized spacial score (nSPS) is 27.3. The molecule has 0 aromatic carbocycles. The van der Waals surface area contributed by atoms with Gasteiger partial charge in [-0.2, -0.15) is 0 Å². The van der Waals surface area contributed by atoms with E-state index in [4.69, 9.17) is 20.4 Å². The minimum atomic E-state index is -4.06. The highest BCUT2D eigenvalue weighted by molar-refractivity contribution is 7.96.